The number of benzene rings is 1. The van der Waals surface area contributed by atoms with E-state index in [1.54, 1.807) is 11.7 Å². The van der Waals surface area contributed by atoms with Crippen LogP contribution in [0.1, 0.15) is 30.9 Å². The summed E-state index contributed by atoms with van der Waals surface area (Å²) in [6.45, 7) is 2.09. The van der Waals surface area contributed by atoms with E-state index >= 15 is 0 Å². The normalized spacial score (nSPS) is 16.4. The molecule has 9 nitrogen and oxygen atoms in total. The van der Waals surface area contributed by atoms with E-state index < -0.39 is 0 Å². The van der Waals surface area contributed by atoms with E-state index in [0.717, 1.165) is 35.5 Å². The number of methoxy groups -OCH3 is 1. The van der Waals surface area contributed by atoms with Crippen molar-refractivity contribution in [3.05, 3.63) is 46.4 Å². The van der Waals surface area contributed by atoms with Crippen LogP contribution in [0.25, 0.3) is 11.0 Å². The summed E-state index contributed by atoms with van der Waals surface area (Å²) in [5.41, 5.74) is 1.87. The first kappa shape index (κ1) is 20.3. The number of aromatic amines is 1. The average Bonchev–Trinajstić information content (AvgIpc) is 3.21. The molecule has 1 aromatic carbocycles. The first-order valence-electron chi connectivity index (χ1n) is 10.5. The van der Waals surface area contributed by atoms with Crippen LogP contribution in [0.4, 0.5) is 0 Å². The van der Waals surface area contributed by atoms with Gasteiger partial charge in [0.1, 0.15) is 11.6 Å². The Hall–Kier alpha value is -2.94. The number of fused-ring (bicyclic) bond motifs is 2. The minimum atomic E-state index is -0.0852. The molecule has 1 atom stereocenters. The maximum absolute atomic E-state index is 12.5. The molecule has 30 heavy (non-hydrogen) atoms. The molecule has 1 amide bonds. The van der Waals surface area contributed by atoms with Gasteiger partial charge in [-0.3, -0.25) is 9.36 Å². The van der Waals surface area contributed by atoms with E-state index in [9.17, 15) is 9.59 Å². The third-order valence-corrected chi connectivity index (χ3v) is 5.64. The molecule has 0 saturated carbocycles. The van der Waals surface area contributed by atoms with Crippen LogP contribution in [0.15, 0.2) is 29.1 Å². The van der Waals surface area contributed by atoms with Crippen LogP contribution in [0.2, 0.25) is 0 Å². The molecule has 1 aliphatic heterocycles. The number of aromatic nitrogens is 5. The molecule has 2 aromatic heterocycles. The number of carbonyl (C=O) groups is 1. The van der Waals surface area contributed by atoms with Crippen LogP contribution < -0.4 is 11.0 Å². The summed E-state index contributed by atoms with van der Waals surface area (Å²) in [7, 11) is 1.61. The average molecular weight is 412 g/mol. The lowest BCUT2D eigenvalue weighted by Gasteiger charge is -2.13. The summed E-state index contributed by atoms with van der Waals surface area (Å²) < 4.78 is 8.26. The Bertz CT molecular complexity index is 1030. The fourth-order valence-electron chi connectivity index (χ4n) is 3.99. The van der Waals surface area contributed by atoms with Crippen LogP contribution in [0.3, 0.4) is 0 Å². The minimum absolute atomic E-state index is 0.0492. The van der Waals surface area contributed by atoms with Gasteiger partial charge in [0.25, 0.3) is 0 Å². The van der Waals surface area contributed by atoms with Crippen LogP contribution >= 0.6 is 0 Å². The third kappa shape index (κ3) is 4.62. The number of nitrogens with one attached hydrogen (secondary N) is 2. The van der Waals surface area contributed by atoms with Gasteiger partial charge in [-0.25, -0.2) is 14.5 Å². The predicted octanol–water partition coefficient (Wildman–Crippen LogP) is 1.27. The predicted molar refractivity (Wildman–Crippen MR) is 112 cm³/mol. The Morgan fingerprint density at radius 2 is 2.20 bits per heavy atom. The molecule has 0 saturated heterocycles. The zero-order valence-electron chi connectivity index (χ0n) is 17.3. The topological polar surface area (TPSA) is 107 Å². The molecule has 4 rings (SSSR count). The molecule has 0 bridgehead atoms. The van der Waals surface area contributed by atoms with Gasteiger partial charge in [0.15, 0.2) is 0 Å². The van der Waals surface area contributed by atoms with Gasteiger partial charge in [0, 0.05) is 39.5 Å². The molecule has 1 unspecified atom stereocenters. The monoisotopic (exact) mass is 412 g/mol. The van der Waals surface area contributed by atoms with Gasteiger partial charge in [-0.2, -0.15) is 5.10 Å². The van der Waals surface area contributed by atoms with Gasteiger partial charge in [-0.1, -0.05) is 12.1 Å². The molecule has 2 N–H and O–H groups in total. The van der Waals surface area contributed by atoms with Crippen molar-refractivity contribution in [1.29, 1.82) is 0 Å². The maximum Gasteiger partial charge on any atom is 0.345 e. The Labute approximate surface area is 174 Å². The lowest BCUT2D eigenvalue weighted by Crippen LogP contribution is -2.29. The molecule has 3 heterocycles. The fraction of sp³-hybridized carbons (Fsp3) is 0.524. The number of carbonyl (C=O) groups excluding carboxylic acids is 1. The number of hydrogen-bond acceptors (Lipinski definition) is 5. The molecule has 160 valence electrons. The molecule has 0 fully saturated rings. The second-order valence-corrected chi connectivity index (χ2v) is 7.76. The third-order valence-electron chi connectivity index (χ3n) is 5.64. The van der Waals surface area contributed by atoms with Gasteiger partial charge in [0.05, 0.1) is 24.2 Å². The zero-order chi connectivity index (χ0) is 20.9. The van der Waals surface area contributed by atoms with Crippen molar-refractivity contribution < 1.29 is 9.53 Å². The number of imidazole rings is 1. The number of para-hydroxylation sites is 2. The molecule has 0 spiro atoms. The maximum atomic E-state index is 12.5. The molecule has 3 aromatic rings. The fourth-order valence-corrected chi connectivity index (χ4v) is 3.99. The highest BCUT2D eigenvalue weighted by molar-refractivity contribution is 5.76. The highest BCUT2D eigenvalue weighted by Gasteiger charge is 2.22. The first-order chi connectivity index (χ1) is 14.6. The lowest BCUT2D eigenvalue weighted by atomic mass is 9.96. The molecular weight excluding hydrogens is 384 g/mol. The van der Waals surface area contributed by atoms with Crippen molar-refractivity contribution in [2.24, 2.45) is 5.92 Å². The van der Waals surface area contributed by atoms with Crippen molar-refractivity contribution in [1.82, 2.24) is 29.6 Å². The molecular formula is C21H28N6O3. The Morgan fingerprint density at radius 3 is 3.03 bits per heavy atom. The molecule has 0 aliphatic carbocycles. The van der Waals surface area contributed by atoms with Crippen LogP contribution in [-0.4, -0.2) is 50.5 Å². The minimum Gasteiger partial charge on any atom is -0.383 e. The number of H-pyrrole nitrogens is 1. The number of nitrogens with zero attached hydrogens (tertiary/aromatic N) is 4. The Kier molecular flexibility index (Phi) is 6.27. The molecule has 1 aliphatic rings. The standard InChI is InChI=1S/C21H28N6O3/c1-30-13-12-27-21(29)26-11-9-15(6-7-19(26)25-27)14-20(28)22-10-8-18-23-16-4-2-3-5-17(16)24-18/h2-5,15H,6-14H2,1H3,(H,22,28)(H,23,24). The van der Waals surface area contributed by atoms with E-state index in [0.29, 0.717) is 45.5 Å². The smallest absolute Gasteiger partial charge is 0.345 e. The van der Waals surface area contributed by atoms with Gasteiger partial charge in [0.2, 0.25) is 5.91 Å². The number of rotatable bonds is 8. The van der Waals surface area contributed by atoms with E-state index in [1.165, 1.54) is 4.68 Å². The summed E-state index contributed by atoms with van der Waals surface area (Å²) in [5.74, 6) is 1.99. The van der Waals surface area contributed by atoms with Crippen molar-refractivity contribution in [2.75, 3.05) is 20.3 Å². The number of hydrogen-bond donors (Lipinski definition) is 2. The van der Waals surface area contributed by atoms with E-state index in [1.807, 2.05) is 24.3 Å². The highest BCUT2D eigenvalue weighted by Crippen LogP contribution is 2.21. The Balaban J connectivity index is 1.24. The van der Waals surface area contributed by atoms with Gasteiger partial charge in [-0.15, -0.1) is 0 Å². The largest absolute Gasteiger partial charge is 0.383 e. The van der Waals surface area contributed by atoms with Crippen molar-refractivity contribution in [3.63, 3.8) is 0 Å². The quantitative estimate of drug-likeness (QED) is 0.579. The van der Waals surface area contributed by atoms with Gasteiger partial charge < -0.3 is 15.0 Å². The van der Waals surface area contributed by atoms with Crippen molar-refractivity contribution >= 4 is 16.9 Å². The van der Waals surface area contributed by atoms with E-state index in [-0.39, 0.29) is 17.5 Å². The lowest BCUT2D eigenvalue weighted by molar-refractivity contribution is -0.122. The highest BCUT2D eigenvalue weighted by atomic mass is 16.5. The summed E-state index contributed by atoms with van der Waals surface area (Å²) in [6, 6.07) is 7.90. The second kappa shape index (κ2) is 9.25. The van der Waals surface area contributed by atoms with Gasteiger partial charge in [-0.05, 0) is 30.9 Å². The van der Waals surface area contributed by atoms with Crippen LogP contribution in [0.5, 0.6) is 0 Å². The summed E-state index contributed by atoms with van der Waals surface area (Å²) >= 11 is 0. The molecule has 9 heteroatoms. The summed E-state index contributed by atoms with van der Waals surface area (Å²) in [6.07, 6.45) is 3.52. The Morgan fingerprint density at radius 1 is 1.33 bits per heavy atom. The SMILES string of the molecule is COCCn1nc2n(c1=O)CCC(CC(=O)NCCc1nc3ccccc3[nH]1)CC2. The van der Waals surface area contributed by atoms with E-state index in [2.05, 4.69) is 20.4 Å². The van der Waals surface area contributed by atoms with Crippen LogP contribution in [0, 0.1) is 5.92 Å². The molecule has 0 radical (unpaired) electrons. The van der Waals surface area contributed by atoms with Crippen molar-refractivity contribution in [3.8, 4) is 0 Å². The second-order valence-electron chi connectivity index (χ2n) is 7.76. The van der Waals surface area contributed by atoms with E-state index in [4.69, 9.17) is 4.74 Å². The van der Waals surface area contributed by atoms with Gasteiger partial charge >= 0.3 is 5.69 Å². The number of amides is 1. The zero-order valence-corrected chi connectivity index (χ0v) is 17.3. The van der Waals surface area contributed by atoms with Crippen molar-refractivity contribution in [2.45, 2.75) is 45.2 Å². The number of aryl methyl sites for hydroxylation is 1. The summed E-state index contributed by atoms with van der Waals surface area (Å²) in [5, 5.41) is 7.44. The number of ether oxygens (including phenoxy) is 1. The first-order valence-corrected chi connectivity index (χ1v) is 10.5. The summed E-state index contributed by atoms with van der Waals surface area (Å²) in [4.78, 5) is 32.7. The van der Waals surface area contributed by atoms with Crippen LogP contribution in [-0.2, 0) is 35.5 Å².